The van der Waals surface area contributed by atoms with Crippen LogP contribution in [0.25, 0.3) is 0 Å². The van der Waals surface area contributed by atoms with Crippen LogP contribution in [0.3, 0.4) is 0 Å². The van der Waals surface area contributed by atoms with E-state index < -0.39 is 117 Å². The van der Waals surface area contributed by atoms with Crippen molar-refractivity contribution in [2.45, 2.75) is 92.1 Å². The first-order valence-electron chi connectivity index (χ1n) is 13.2. The zero-order valence-corrected chi connectivity index (χ0v) is 22.3. The summed E-state index contributed by atoms with van der Waals surface area (Å²) in [5, 5.41) is 113. The van der Waals surface area contributed by atoms with Crippen LogP contribution in [0.2, 0.25) is 0 Å². The number of nitro groups is 1. The normalized spacial score (nSPS) is 43.7. The Bertz CT molecular complexity index is 1040. The molecule has 0 amide bonds. The summed E-state index contributed by atoms with van der Waals surface area (Å²) in [4.78, 5) is 10.2. The molecule has 43 heavy (non-hydrogen) atoms. The van der Waals surface area contributed by atoms with Gasteiger partial charge in [-0.1, -0.05) is 0 Å². The number of benzene rings is 1. The fourth-order valence-electron chi connectivity index (χ4n) is 4.92. The van der Waals surface area contributed by atoms with Gasteiger partial charge in [0.2, 0.25) is 6.29 Å². The van der Waals surface area contributed by atoms with Gasteiger partial charge < -0.3 is 79.5 Å². The van der Waals surface area contributed by atoms with Gasteiger partial charge >= 0.3 is 0 Å². The first kappa shape index (κ1) is 33.7. The molecular formula is C24H35NO18. The minimum Gasteiger partial charge on any atom is -0.462 e. The van der Waals surface area contributed by atoms with Gasteiger partial charge in [0.05, 0.1) is 24.7 Å². The van der Waals surface area contributed by atoms with Crippen LogP contribution in [0, 0.1) is 10.1 Å². The van der Waals surface area contributed by atoms with Gasteiger partial charge in [0.25, 0.3) is 5.69 Å². The van der Waals surface area contributed by atoms with E-state index in [0.717, 1.165) is 12.1 Å². The smallest absolute Gasteiger partial charge is 0.269 e. The Labute approximate surface area is 242 Å². The third-order valence-electron chi connectivity index (χ3n) is 7.37. The molecule has 3 heterocycles. The highest BCUT2D eigenvalue weighted by Gasteiger charge is 2.53. The van der Waals surface area contributed by atoms with Gasteiger partial charge in [-0.2, -0.15) is 0 Å². The van der Waals surface area contributed by atoms with Crippen molar-refractivity contribution in [3.63, 3.8) is 0 Å². The first-order chi connectivity index (χ1) is 20.4. The van der Waals surface area contributed by atoms with Gasteiger partial charge in [-0.05, 0) is 12.1 Å². The highest BCUT2D eigenvalue weighted by Crippen LogP contribution is 2.33. The van der Waals surface area contributed by atoms with E-state index in [4.69, 9.17) is 28.4 Å². The van der Waals surface area contributed by atoms with Crippen molar-refractivity contribution in [1.82, 2.24) is 0 Å². The Morgan fingerprint density at radius 2 is 1.02 bits per heavy atom. The number of rotatable bonds is 10. The predicted octanol–water partition coefficient (Wildman–Crippen LogP) is -5.58. The van der Waals surface area contributed by atoms with E-state index in [1.807, 2.05) is 0 Å². The molecule has 3 fully saturated rings. The monoisotopic (exact) mass is 625 g/mol. The fraction of sp³-hybridized carbons (Fsp3) is 0.750. The maximum absolute atomic E-state index is 10.8. The minimum atomic E-state index is -1.96. The van der Waals surface area contributed by atoms with E-state index in [1.54, 1.807) is 0 Å². The lowest BCUT2D eigenvalue weighted by molar-refractivity contribution is -0.384. The topological polar surface area (TPSA) is 301 Å². The summed E-state index contributed by atoms with van der Waals surface area (Å²) in [6, 6.07) is 4.72. The van der Waals surface area contributed by atoms with Gasteiger partial charge in [0.1, 0.15) is 79.0 Å². The van der Waals surface area contributed by atoms with Gasteiger partial charge in [0, 0.05) is 12.1 Å². The number of hydrogen-bond donors (Lipinski definition) is 10. The van der Waals surface area contributed by atoms with E-state index in [0.29, 0.717) is 0 Å². The van der Waals surface area contributed by atoms with Crippen LogP contribution >= 0.6 is 0 Å². The van der Waals surface area contributed by atoms with E-state index in [2.05, 4.69) is 0 Å². The molecule has 0 radical (unpaired) electrons. The first-order valence-corrected chi connectivity index (χ1v) is 13.2. The van der Waals surface area contributed by atoms with Gasteiger partial charge in [-0.15, -0.1) is 0 Å². The third-order valence-corrected chi connectivity index (χ3v) is 7.37. The summed E-state index contributed by atoms with van der Waals surface area (Å²) >= 11 is 0. The summed E-state index contributed by atoms with van der Waals surface area (Å²) in [7, 11) is 0. The minimum absolute atomic E-state index is 0.0308. The molecule has 3 saturated heterocycles. The van der Waals surface area contributed by atoms with Crippen LogP contribution in [0.5, 0.6) is 5.75 Å². The van der Waals surface area contributed by atoms with Crippen LogP contribution in [0.4, 0.5) is 5.69 Å². The van der Waals surface area contributed by atoms with Crippen molar-refractivity contribution in [3.05, 3.63) is 34.4 Å². The summed E-state index contributed by atoms with van der Waals surface area (Å²) in [6.45, 7) is -2.42. The molecule has 10 N–H and O–H groups in total. The summed E-state index contributed by atoms with van der Waals surface area (Å²) in [5.41, 5.74) is -0.227. The second-order valence-electron chi connectivity index (χ2n) is 10.2. The van der Waals surface area contributed by atoms with Gasteiger partial charge in [0.15, 0.2) is 12.6 Å². The molecule has 0 aliphatic carbocycles. The van der Waals surface area contributed by atoms with E-state index in [1.165, 1.54) is 12.1 Å². The lowest BCUT2D eigenvalue weighted by Gasteiger charge is -2.48. The largest absolute Gasteiger partial charge is 0.462 e. The Morgan fingerprint density at radius 1 is 0.605 bits per heavy atom. The van der Waals surface area contributed by atoms with Crippen molar-refractivity contribution in [2.75, 3.05) is 19.8 Å². The molecule has 19 nitrogen and oxygen atoms in total. The number of hydrogen-bond acceptors (Lipinski definition) is 18. The SMILES string of the molecule is O=[N+]([O-])c1ccc(OC2OC(CO)C(OC3OC(CO)C(OC4OC(CO)C(O)C(O)C4O)C(O)C3O)C(O)C2O)cc1. The Morgan fingerprint density at radius 3 is 1.49 bits per heavy atom. The number of nitrogens with zero attached hydrogens (tertiary/aromatic N) is 1. The highest BCUT2D eigenvalue weighted by atomic mass is 16.8. The van der Waals surface area contributed by atoms with Crippen molar-refractivity contribution in [1.29, 1.82) is 0 Å². The molecule has 19 heteroatoms. The summed E-state index contributed by atoms with van der Waals surface area (Å²) < 4.78 is 32.8. The lowest BCUT2D eigenvalue weighted by Crippen LogP contribution is -2.66. The van der Waals surface area contributed by atoms with E-state index in [-0.39, 0.29) is 11.4 Å². The molecule has 15 unspecified atom stereocenters. The molecule has 1 aromatic rings. The average molecular weight is 626 g/mol. The number of ether oxygens (including phenoxy) is 6. The van der Waals surface area contributed by atoms with Crippen LogP contribution < -0.4 is 4.74 Å². The van der Waals surface area contributed by atoms with Crippen molar-refractivity contribution in [3.8, 4) is 5.75 Å². The molecular weight excluding hydrogens is 590 g/mol. The van der Waals surface area contributed by atoms with Gasteiger partial charge in [-0.3, -0.25) is 10.1 Å². The second-order valence-corrected chi connectivity index (χ2v) is 10.2. The number of aliphatic hydroxyl groups is 10. The highest BCUT2D eigenvalue weighted by molar-refractivity contribution is 5.36. The molecule has 1 aromatic carbocycles. The lowest BCUT2D eigenvalue weighted by atomic mass is 9.96. The molecule has 3 aliphatic rings. The van der Waals surface area contributed by atoms with E-state index in [9.17, 15) is 61.2 Å². The van der Waals surface area contributed by atoms with Crippen LogP contribution in [0.15, 0.2) is 24.3 Å². The maximum atomic E-state index is 10.8. The zero-order chi connectivity index (χ0) is 31.6. The molecule has 0 bridgehead atoms. The standard InChI is InChI=1S/C24H35NO18/c26-5-10-13(29)14(30)17(33)23(39-10)42-21-12(7-28)41-24(19(35)16(21)32)43-20-11(6-27)40-22(18(34)15(20)31)38-9-3-1-8(2-4-9)25(36)37/h1-4,10-24,26-35H,5-7H2. The van der Waals surface area contributed by atoms with Crippen LogP contribution in [-0.2, 0) is 23.7 Å². The van der Waals surface area contributed by atoms with Crippen LogP contribution in [-0.4, -0.2) is 168 Å². The molecule has 4 rings (SSSR count). The molecule has 0 aromatic heterocycles. The predicted molar refractivity (Wildman–Crippen MR) is 133 cm³/mol. The molecule has 3 aliphatic heterocycles. The molecule has 0 saturated carbocycles. The zero-order valence-electron chi connectivity index (χ0n) is 22.3. The second kappa shape index (κ2) is 14.3. The Balaban J connectivity index is 1.42. The molecule has 15 atom stereocenters. The fourth-order valence-corrected chi connectivity index (χ4v) is 4.92. The van der Waals surface area contributed by atoms with Gasteiger partial charge in [-0.25, -0.2) is 0 Å². The third kappa shape index (κ3) is 7.06. The Hall–Kier alpha value is -2.18. The summed E-state index contributed by atoms with van der Waals surface area (Å²) in [6.07, 6.45) is -25.4. The number of aliphatic hydroxyl groups excluding tert-OH is 10. The number of nitro benzene ring substituents is 1. The van der Waals surface area contributed by atoms with Crippen LogP contribution in [0.1, 0.15) is 0 Å². The molecule has 0 spiro atoms. The van der Waals surface area contributed by atoms with Crippen molar-refractivity contribution >= 4 is 5.69 Å². The van der Waals surface area contributed by atoms with E-state index >= 15 is 0 Å². The average Bonchev–Trinajstić information content (AvgIpc) is 3.00. The molecule has 244 valence electrons. The van der Waals surface area contributed by atoms with Crippen molar-refractivity contribution < 1.29 is 84.4 Å². The maximum Gasteiger partial charge on any atom is 0.269 e. The Kier molecular flexibility index (Phi) is 11.2. The quantitative estimate of drug-likeness (QED) is 0.0856. The summed E-state index contributed by atoms with van der Waals surface area (Å²) in [5.74, 6) is 0.0308. The van der Waals surface area contributed by atoms with Crippen molar-refractivity contribution in [2.24, 2.45) is 0 Å². The number of non-ortho nitro benzene ring substituents is 1.